The molecular formula is C16H18N2OS. The van der Waals surface area contributed by atoms with Crippen LogP contribution in [-0.2, 0) is 6.42 Å². The van der Waals surface area contributed by atoms with Crippen LogP contribution in [0.5, 0.6) is 0 Å². The fraction of sp³-hybridized carbons (Fsp3) is 0.312. The van der Waals surface area contributed by atoms with Crippen LogP contribution in [0.2, 0.25) is 0 Å². The van der Waals surface area contributed by atoms with Gasteiger partial charge in [-0.2, -0.15) is 0 Å². The molecule has 104 valence electrons. The Bertz CT molecular complexity index is 660. The number of nitrogens with one attached hydrogen (secondary N) is 1. The second kappa shape index (κ2) is 6.20. The smallest absolute Gasteiger partial charge is 0.105 e. The zero-order valence-electron chi connectivity index (χ0n) is 11.5. The molecule has 3 nitrogen and oxygen atoms in total. The molecule has 0 saturated carbocycles. The first kappa shape index (κ1) is 13.3. The van der Waals surface area contributed by atoms with Crippen molar-refractivity contribution in [3.8, 4) is 0 Å². The summed E-state index contributed by atoms with van der Waals surface area (Å²) in [5.41, 5.74) is 2.30. The van der Waals surface area contributed by atoms with Crippen molar-refractivity contribution in [1.29, 1.82) is 0 Å². The topological polar surface area (TPSA) is 38.1 Å². The molecule has 1 N–H and O–H groups in total. The van der Waals surface area contributed by atoms with Gasteiger partial charge in [-0.1, -0.05) is 6.92 Å². The van der Waals surface area contributed by atoms with Crippen LogP contribution in [0.3, 0.4) is 0 Å². The van der Waals surface area contributed by atoms with Gasteiger partial charge in [0.1, 0.15) is 5.76 Å². The standard InChI is InChI=1S/C16H18N2OS/c1-2-6-17-15(10-13-4-3-7-19-13)12-9-16-14(18-11-12)5-8-20-16/h3-5,7-9,11,15,17H,2,6,10H2,1H3. The van der Waals surface area contributed by atoms with Gasteiger partial charge in [0.2, 0.25) is 0 Å². The first-order valence-corrected chi connectivity index (χ1v) is 7.83. The van der Waals surface area contributed by atoms with Crippen molar-refractivity contribution in [2.45, 2.75) is 25.8 Å². The summed E-state index contributed by atoms with van der Waals surface area (Å²) in [6, 6.07) is 8.51. The number of hydrogen-bond donors (Lipinski definition) is 1. The molecular weight excluding hydrogens is 268 g/mol. The van der Waals surface area contributed by atoms with E-state index in [0.29, 0.717) is 0 Å². The van der Waals surface area contributed by atoms with E-state index in [-0.39, 0.29) is 6.04 Å². The number of aromatic nitrogens is 1. The molecule has 3 aromatic heterocycles. The summed E-state index contributed by atoms with van der Waals surface area (Å²) in [5, 5.41) is 5.67. The Hall–Kier alpha value is -1.65. The number of pyridine rings is 1. The molecule has 0 aromatic carbocycles. The number of furan rings is 1. The molecule has 4 heteroatoms. The number of hydrogen-bond acceptors (Lipinski definition) is 4. The lowest BCUT2D eigenvalue weighted by atomic mass is 10.0. The Labute approximate surface area is 122 Å². The molecule has 0 spiro atoms. The summed E-state index contributed by atoms with van der Waals surface area (Å²) in [5.74, 6) is 1.00. The van der Waals surface area contributed by atoms with Gasteiger partial charge in [-0.3, -0.25) is 4.98 Å². The van der Waals surface area contributed by atoms with Crippen LogP contribution in [0.15, 0.2) is 46.5 Å². The average Bonchev–Trinajstić information content (AvgIpc) is 3.13. The fourth-order valence-electron chi connectivity index (χ4n) is 2.31. The zero-order valence-corrected chi connectivity index (χ0v) is 12.3. The van der Waals surface area contributed by atoms with E-state index in [2.05, 4.69) is 34.7 Å². The molecule has 0 bridgehead atoms. The predicted octanol–water partition coefficient (Wildman–Crippen LogP) is 4.17. The summed E-state index contributed by atoms with van der Waals surface area (Å²) in [6.45, 7) is 3.17. The highest BCUT2D eigenvalue weighted by atomic mass is 32.1. The summed E-state index contributed by atoms with van der Waals surface area (Å²) in [6.07, 6.45) is 5.67. The normalized spacial score (nSPS) is 12.8. The number of rotatable bonds is 6. The van der Waals surface area contributed by atoms with Gasteiger partial charge in [0.25, 0.3) is 0 Å². The van der Waals surface area contributed by atoms with E-state index in [0.717, 1.165) is 30.7 Å². The monoisotopic (exact) mass is 286 g/mol. The number of thiophene rings is 1. The molecule has 20 heavy (non-hydrogen) atoms. The van der Waals surface area contributed by atoms with Crippen LogP contribution < -0.4 is 5.32 Å². The average molecular weight is 286 g/mol. The molecule has 3 heterocycles. The number of nitrogens with zero attached hydrogens (tertiary/aromatic N) is 1. The molecule has 1 unspecified atom stereocenters. The molecule has 0 aliphatic heterocycles. The maximum atomic E-state index is 5.48. The van der Waals surface area contributed by atoms with Crippen molar-refractivity contribution >= 4 is 21.6 Å². The van der Waals surface area contributed by atoms with Crippen molar-refractivity contribution in [3.05, 3.63) is 53.4 Å². The summed E-state index contributed by atoms with van der Waals surface area (Å²) < 4.78 is 6.72. The summed E-state index contributed by atoms with van der Waals surface area (Å²) >= 11 is 1.74. The lowest BCUT2D eigenvalue weighted by Crippen LogP contribution is -2.24. The van der Waals surface area contributed by atoms with Gasteiger partial charge in [0.05, 0.1) is 16.5 Å². The van der Waals surface area contributed by atoms with Crippen molar-refractivity contribution in [3.63, 3.8) is 0 Å². The largest absolute Gasteiger partial charge is 0.469 e. The van der Waals surface area contributed by atoms with E-state index in [1.165, 1.54) is 10.3 Å². The second-order valence-corrected chi connectivity index (χ2v) is 5.81. The lowest BCUT2D eigenvalue weighted by Gasteiger charge is -2.17. The molecule has 0 aliphatic carbocycles. The molecule has 0 aliphatic rings. The van der Waals surface area contributed by atoms with Gasteiger partial charge in [0.15, 0.2) is 0 Å². The quantitative estimate of drug-likeness (QED) is 0.739. The van der Waals surface area contributed by atoms with Crippen LogP contribution in [0.4, 0.5) is 0 Å². The molecule has 1 atom stereocenters. The molecule has 0 amide bonds. The van der Waals surface area contributed by atoms with Crippen LogP contribution >= 0.6 is 11.3 Å². The fourth-order valence-corrected chi connectivity index (χ4v) is 3.10. The van der Waals surface area contributed by atoms with Gasteiger partial charge >= 0.3 is 0 Å². The van der Waals surface area contributed by atoms with Gasteiger partial charge < -0.3 is 9.73 Å². The Kier molecular flexibility index (Phi) is 4.14. The third-order valence-corrected chi connectivity index (χ3v) is 4.21. The highest BCUT2D eigenvalue weighted by molar-refractivity contribution is 7.17. The van der Waals surface area contributed by atoms with E-state index >= 15 is 0 Å². The minimum atomic E-state index is 0.250. The molecule has 0 saturated heterocycles. The maximum absolute atomic E-state index is 5.48. The van der Waals surface area contributed by atoms with Crippen molar-refractivity contribution in [2.24, 2.45) is 0 Å². The van der Waals surface area contributed by atoms with Gasteiger partial charge in [-0.25, -0.2) is 0 Å². The van der Waals surface area contributed by atoms with E-state index < -0.39 is 0 Å². The van der Waals surface area contributed by atoms with E-state index in [1.54, 1.807) is 17.6 Å². The van der Waals surface area contributed by atoms with Gasteiger partial charge in [0, 0.05) is 18.7 Å². The van der Waals surface area contributed by atoms with Crippen molar-refractivity contribution in [1.82, 2.24) is 10.3 Å². The second-order valence-electron chi connectivity index (χ2n) is 4.86. The Morgan fingerprint density at radius 2 is 2.35 bits per heavy atom. The summed E-state index contributed by atoms with van der Waals surface area (Å²) in [4.78, 5) is 4.54. The molecule has 0 fully saturated rings. The predicted molar refractivity (Wildman–Crippen MR) is 83.1 cm³/mol. The maximum Gasteiger partial charge on any atom is 0.105 e. The SMILES string of the molecule is CCCNC(Cc1ccco1)c1cnc2ccsc2c1. The Morgan fingerprint density at radius 1 is 1.40 bits per heavy atom. The highest BCUT2D eigenvalue weighted by Gasteiger charge is 2.14. The third kappa shape index (κ3) is 2.92. The van der Waals surface area contributed by atoms with Gasteiger partial charge in [-0.15, -0.1) is 11.3 Å². The van der Waals surface area contributed by atoms with E-state index in [1.807, 2.05) is 18.3 Å². The van der Waals surface area contributed by atoms with E-state index in [4.69, 9.17) is 4.42 Å². The van der Waals surface area contributed by atoms with E-state index in [9.17, 15) is 0 Å². The van der Waals surface area contributed by atoms with Crippen LogP contribution in [-0.4, -0.2) is 11.5 Å². The van der Waals surface area contributed by atoms with Crippen LogP contribution in [0.25, 0.3) is 10.2 Å². The first-order valence-electron chi connectivity index (χ1n) is 6.95. The lowest BCUT2D eigenvalue weighted by molar-refractivity contribution is 0.449. The number of fused-ring (bicyclic) bond motifs is 1. The molecule has 0 radical (unpaired) electrons. The highest BCUT2D eigenvalue weighted by Crippen LogP contribution is 2.25. The third-order valence-electron chi connectivity index (χ3n) is 3.35. The van der Waals surface area contributed by atoms with Crippen LogP contribution in [0, 0.1) is 0 Å². The van der Waals surface area contributed by atoms with Crippen molar-refractivity contribution < 1.29 is 4.42 Å². The summed E-state index contributed by atoms with van der Waals surface area (Å²) in [7, 11) is 0. The van der Waals surface area contributed by atoms with Crippen LogP contribution in [0.1, 0.15) is 30.7 Å². The minimum absolute atomic E-state index is 0.250. The first-order chi connectivity index (χ1) is 9.86. The molecule has 3 rings (SSSR count). The zero-order chi connectivity index (χ0) is 13.8. The van der Waals surface area contributed by atoms with Crippen molar-refractivity contribution in [2.75, 3.05) is 6.54 Å². The molecule has 3 aromatic rings. The minimum Gasteiger partial charge on any atom is -0.469 e. The Morgan fingerprint density at radius 3 is 3.15 bits per heavy atom. The van der Waals surface area contributed by atoms with Gasteiger partial charge in [-0.05, 0) is 48.2 Å². The Balaban J connectivity index is 1.86.